The maximum atomic E-state index is 12.6. The van der Waals surface area contributed by atoms with Gasteiger partial charge in [-0.15, -0.1) is 35.3 Å². The summed E-state index contributed by atoms with van der Waals surface area (Å²) in [5.74, 6) is 0.588. The lowest BCUT2D eigenvalue weighted by molar-refractivity contribution is -0.141. The van der Waals surface area contributed by atoms with Crippen molar-refractivity contribution >= 4 is 47.2 Å². The van der Waals surface area contributed by atoms with E-state index in [1.807, 2.05) is 24.3 Å². The Balaban J connectivity index is 0.00000364. The van der Waals surface area contributed by atoms with E-state index in [1.165, 1.54) is 0 Å². The molecule has 0 spiro atoms. The van der Waals surface area contributed by atoms with Gasteiger partial charge in [-0.05, 0) is 13.0 Å². The third kappa shape index (κ3) is 7.44. The van der Waals surface area contributed by atoms with Crippen molar-refractivity contribution in [1.82, 2.24) is 25.2 Å². The van der Waals surface area contributed by atoms with Crippen molar-refractivity contribution < 1.29 is 13.2 Å². The number of guanidine groups is 1. The van der Waals surface area contributed by atoms with Gasteiger partial charge in [0.05, 0.1) is 17.2 Å². The predicted octanol–water partition coefficient (Wildman–Crippen LogP) is 3.00. The molecule has 0 radical (unpaired) electrons. The fourth-order valence-electron chi connectivity index (χ4n) is 2.13. The molecule has 2 rings (SSSR count). The van der Waals surface area contributed by atoms with E-state index >= 15 is 0 Å². The van der Waals surface area contributed by atoms with Crippen molar-refractivity contribution in [2.45, 2.75) is 19.6 Å². The minimum atomic E-state index is -4.49. The topological polar surface area (TPSA) is 78.3 Å². The normalized spacial score (nSPS) is 11.7. The van der Waals surface area contributed by atoms with Crippen LogP contribution in [-0.2, 0) is 12.7 Å². The van der Waals surface area contributed by atoms with Crippen molar-refractivity contribution in [3.8, 4) is 0 Å². The third-order valence-electron chi connectivity index (χ3n) is 3.28. The number of hydrogen-bond donors (Lipinski definition) is 2. The van der Waals surface area contributed by atoms with Gasteiger partial charge < -0.3 is 15.5 Å². The third-order valence-corrected chi connectivity index (χ3v) is 4.10. The van der Waals surface area contributed by atoms with Gasteiger partial charge in [-0.25, -0.2) is 15.0 Å². The summed E-state index contributed by atoms with van der Waals surface area (Å²) in [7, 11) is 3.54. The Morgan fingerprint density at radius 2 is 2.04 bits per heavy atom. The average molecular weight is 515 g/mol. The lowest BCUT2D eigenvalue weighted by Crippen LogP contribution is -2.40. The zero-order valence-corrected chi connectivity index (χ0v) is 18.2. The molecule has 2 aromatic rings. The molecule has 7 nitrogen and oxygen atoms in total. The number of nitrogens with zero attached hydrogens (tertiary/aromatic N) is 5. The SMILES string of the molecule is CN=C(NCCNc1nccc(C(F)(F)F)n1)N(C)Cc1csc(C)n1.I. The van der Waals surface area contributed by atoms with Gasteiger partial charge in [0.25, 0.3) is 0 Å². The number of thiazole rings is 1. The Hall–Kier alpha value is -1.70. The fourth-order valence-corrected chi connectivity index (χ4v) is 2.74. The Kier molecular flexibility index (Phi) is 9.15. The van der Waals surface area contributed by atoms with E-state index in [9.17, 15) is 13.2 Å². The summed E-state index contributed by atoms with van der Waals surface area (Å²) in [4.78, 5) is 17.7. The molecule has 0 saturated carbocycles. The van der Waals surface area contributed by atoms with Gasteiger partial charge in [0.15, 0.2) is 5.96 Å². The lowest BCUT2D eigenvalue weighted by atomic mass is 10.4. The molecule has 27 heavy (non-hydrogen) atoms. The first-order chi connectivity index (χ1) is 12.3. The molecule has 2 aromatic heterocycles. The number of rotatable bonds is 6. The van der Waals surface area contributed by atoms with Gasteiger partial charge in [-0.1, -0.05) is 0 Å². The molecule has 150 valence electrons. The zero-order chi connectivity index (χ0) is 19.2. The number of aryl methyl sites for hydroxylation is 1. The lowest BCUT2D eigenvalue weighted by Gasteiger charge is -2.21. The van der Waals surface area contributed by atoms with E-state index in [4.69, 9.17) is 0 Å². The highest BCUT2D eigenvalue weighted by Crippen LogP contribution is 2.27. The summed E-state index contributed by atoms with van der Waals surface area (Å²) < 4.78 is 37.9. The Morgan fingerprint density at radius 1 is 1.30 bits per heavy atom. The van der Waals surface area contributed by atoms with E-state index < -0.39 is 11.9 Å². The van der Waals surface area contributed by atoms with Gasteiger partial charge in [0.1, 0.15) is 5.69 Å². The molecule has 0 bridgehead atoms. The summed E-state index contributed by atoms with van der Waals surface area (Å²) >= 11 is 1.59. The van der Waals surface area contributed by atoms with Gasteiger partial charge in [-0.2, -0.15) is 13.2 Å². The van der Waals surface area contributed by atoms with E-state index in [2.05, 4.69) is 30.6 Å². The highest BCUT2D eigenvalue weighted by Gasteiger charge is 2.32. The number of alkyl halides is 3. The quantitative estimate of drug-likeness (QED) is 0.267. The second kappa shape index (κ2) is 10.6. The van der Waals surface area contributed by atoms with Crippen molar-refractivity contribution in [1.29, 1.82) is 0 Å². The molecule has 12 heteroatoms. The molecule has 0 fully saturated rings. The van der Waals surface area contributed by atoms with Crippen LogP contribution in [0.3, 0.4) is 0 Å². The molecule has 2 N–H and O–H groups in total. The Morgan fingerprint density at radius 3 is 2.63 bits per heavy atom. The minimum absolute atomic E-state index is 0. The number of halogens is 4. The van der Waals surface area contributed by atoms with Crippen LogP contribution >= 0.6 is 35.3 Å². The van der Waals surface area contributed by atoms with Gasteiger partial charge in [0.2, 0.25) is 5.95 Å². The summed E-state index contributed by atoms with van der Waals surface area (Å²) in [5, 5.41) is 8.88. The average Bonchev–Trinajstić information content (AvgIpc) is 2.99. The highest BCUT2D eigenvalue weighted by molar-refractivity contribution is 14.0. The van der Waals surface area contributed by atoms with Crippen LogP contribution in [-0.4, -0.2) is 53.0 Å². The molecule has 0 aromatic carbocycles. The molecule has 0 unspecified atom stereocenters. The monoisotopic (exact) mass is 515 g/mol. The molecular formula is C15H21F3IN7S. The largest absolute Gasteiger partial charge is 0.433 e. The summed E-state index contributed by atoms with van der Waals surface area (Å²) in [6, 6.07) is 0.834. The van der Waals surface area contributed by atoms with Crippen molar-refractivity contribution in [3.05, 3.63) is 34.0 Å². The summed E-state index contributed by atoms with van der Waals surface area (Å²) in [5.41, 5.74) is -0.0227. The van der Waals surface area contributed by atoms with Crippen LogP contribution in [0.2, 0.25) is 0 Å². The van der Waals surface area contributed by atoms with Crippen LogP contribution < -0.4 is 10.6 Å². The molecule has 0 atom stereocenters. The number of anilines is 1. The van der Waals surface area contributed by atoms with Gasteiger partial charge >= 0.3 is 6.18 Å². The Labute approximate surface area is 176 Å². The molecule has 0 aliphatic rings. The first-order valence-electron chi connectivity index (χ1n) is 7.76. The molecule has 0 saturated heterocycles. The fraction of sp³-hybridized carbons (Fsp3) is 0.467. The van der Waals surface area contributed by atoms with Crippen LogP contribution in [0.1, 0.15) is 16.4 Å². The van der Waals surface area contributed by atoms with E-state index in [-0.39, 0.29) is 29.9 Å². The van der Waals surface area contributed by atoms with Crippen LogP contribution in [0.5, 0.6) is 0 Å². The van der Waals surface area contributed by atoms with Crippen molar-refractivity contribution in [2.24, 2.45) is 4.99 Å². The van der Waals surface area contributed by atoms with E-state index in [0.717, 1.165) is 23.0 Å². The standard InChI is InChI=1S/C15H20F3N7S.HI/c1-10-23-11(9-26-10)8-25(3)14(19-2)22-7-6-21-13-20-5-4-12(24-13)15(16,17)18;/h4-5,9H,6-8H2,1-3H3,(H,19,22)(H,20,21,24);1H. The van der Waals surface area contributed by atoms with Crippen molar-refractivity contribution in [2.75, 3.05) is 32.5 Å². The predicted molar refractivity (Wildman–Crippen MR) is 111 cm³/mol. The molecule has 2 heterocycles. The zero-order valence-electron chi connectivity index (χ0n) is 15.0. The first kappa shape index (κ1) is 23.3. The molecule has 0 aliphatic carbocycles. The maximum absolute atomic E-state index is 12.6. The number of aromatic nitrogens is 3. The highest BCUT2D eigenvalue weighted by atomic mass is 127. The minimum Gasteiger partial charge on any atom is -0.354 e. The number of hydrogen-bond acceptors (Lipinski definition) is 6. The van der Waals surface area contributed by atoms with Crippen LogP contribution in [0.15, 0.2) is 22.6 Å². The second-order valence-electron chi connectivity index (χ2n) is 5.38. The smallest absolute Gasteiger partial charge is 0.354 e. The number of nitrogens with one attached hydrogen (secondary N) is 2. The van der Waals surface area contributed by atoms with Crippen LogP contribution in [0, 0.1) is 6.92 Å². The van der Waals surface area contributed by atoms with E-state index in [0.29, 0.717) is 25.6 Å². The maximum Gasteiger partial charge on any atom is 0.433 e. The second-order valence-corrected chi connectivity index (χ2v) is 6.44. The van der Waals surface area contributed by atoms with Gasteiger partial charge in [-0.3, -0.25) is 4.99 Å². The van der Waals surface area contributed by atoms with E-state index in [1.54, 1.807) is 18.4 Å². The summed E-state index contributed by atoms with van der Waals surface area (Å²) in [6.45, 7) is 3.33. The summed E-state index contributed by atoms with van der Waals surface area (Å²) in [6.07, 6.45) is -3.41. The number of aliphatic imine (C=N–C) groups is 1. The molecular weight excluding hydrogens is 494 g/mol. The molecule has 0 aliphatic heterocycles. The van der Waals surface area contributed by atoms with Gasteiger partial charge in [0, 0.05) is 38.8 Å². The molecule has 0 amide bonds. The Bertz CT molecular complexity index is 751. The first-order valence-corrected chi connectivity index (χ1v) is 8.64. The van der Waals surface area contributed by atoms with Crippen LogP contribution in [0.4, 0.5) is 19.1 Å². The van der Waals surface area contributed by atoms with Crippen molar-refractivity contribution in [3.63, 3.8) is 0 Å². The van der Waals surface area contributed by atoms with Crippen LogP contribution in [0.25, 0.3) is 0 Å².